The van der Waals surface area contributed by atoms with Gasteiger partial charge in [0.2, 0.25) is 5.91 Å². The molecule has 3 nitrogen and oxygen atoms in total. The molecule has 0 fully saturated rings. The smallest absolute Gasteiger partial charge is 0.239 e. The Morgan fingerprint density at radius 2 is 1.68 bits per heavy atom. The van der Waals surface area contributed by atoms with E-state index in [4.69, 9.17) is 5.11 Å². The van der Waals surface area contributed by atoms with Gasteiger partial charge in [-0.15, -0.1) is 11.8 Å². The van der Waals surface area contributed by atoms with E-state index >= 15 is 0 Å². The predicted octanol–water partition coefficient (Wildman–Crippen LogP) is 3.46. The van der Waals surface area contributed by atoms with E-state index in [1.54, 1.807) is 16.7 Å². The van der Waals surface area contributed by atoms with Crippen LogP contribution in [0.15, 0.2) is 54.6 Å². The Bertz CT molecular complexity index is 598. The van der Waals surface area contributed by atoms with Gasteiger partial charge in [0.15, 0.2) is 0 Å². The third kappa shape index (κ3) is 4.36. The number of anilines is 1. The first kappa shape index (κ1) is 16.6. The molecule has 0 saturated heterocycles. The molecule has 0 bridgehead atoms. The van der Waals surface area contributed by atoms with Gasteiger partial charge in [0.1, 0.15) is 0 Å². The summed E-state index contributed by atoms with van der Waals surface area (Å²) in [5.41, 5.74) is 2.97. The lowest BCUT2D eigenvalue weighted by Gasteiger charge is -2.21. The monoisotopic (exact) mass is 315 g/mol. The maximum Gasteiger partial charge on any atom is 0.239 e. The Labute approximate surface area is 136 Å². The molecule has 0 saturated carbocycles. The van der Waals surface area contributed by atoms with E-state index in [1.165, 1.54) is 0 Å². The molecule has 0 aliphatic rings. The summed E-state index contributed by atoms with van der Waals surface area (Å²) in [6.45, 7) is 2.00. The van der Waals surface area contributed by atoms with Crippen LogP contribution in [0.3, 0.4) is 0 Å². The van der Waals surface area contributed by atoms with Crippen LogP contribution in [-0.2, 0) is 17.2 Å². The molecule has 2 rings (SSSR count). The van der Waals surface area contributed by atoms with E-state index in [0.717, 1.165) is 22.6 Å². The molecule has 4 heteroatoms. The van der Waals surface area contributed by atoms with Crippen LogP contribution in [0.5, 0.6) is 0 Å². The summed E-state index contributed by atoms with van der Waals surface area (Å²) in [6, 6.07) is 17.5. The second-order valence-corrected chi connectivity index (χ2v) is 6.49. The predicted molar refractivity (Wildman–Crippen MR) is 93.0 cm³/mol. The van der Waals surface area contributed by atoms with Crippen LogP contribution in [-0.4, -0.2) is 23.3 Å². The zero-order chi connectivity index (χ0) is 15.9. The van der Waals surface area contributed by atoms with E-state index in [1.807, 2.05) is 68.6 Å². The Balaban J connectivity index is 1.90. The van der Waals surface area contributed by atoms with Crippen LogP contribution in [0.25, 0.3) is 0 Å². The quantitative estimate of drug-likeness (QED) is 0.887. The highest BCUT2D eigenvalue weighted by Gasteiger charge is 2.18. The second-order valence-electron chi connectivity index (χ2n) is 5.16. The maximum atomic E-state index is 12.4. The third-order valence-corrected chi connectivity index (χ3v) is 4.73. The van der Waals surface area contributed by atoms with Crippen LogP contribution >= 0.6 is 11.8 Å². The largest absolute Gasteiger partial charge is 0.392 e. The van der Waals surface area contributed by atoms with Gasteiger partial charge in [0.05, 0.1) is 11.9 Å². The minimum atomic E-state index is -0.109. The van der Waals surface area contributed by atoms with Crippen molar-refractivity contribution in [1.29, 1.82) is 0 Å². The van der Waals surface area contributed by atoms with Crippen molar-refractivity contribution < 1.29 is 9.90 Å². The van der Waals surface area contributed by atoms with Crippen molar-refractivity contribution in [2.24, 2.45) is 0 Å². The van der Waals surface area contributed by atoms with Crippen molar-refractivity contribution >= 4 is 23.4 Å². The number of thioether (sulfide) groups is 1. The summed E-state index contributed by atoms with van der Waals surface area (Å²) in [5.74, 6) is 0.879. The number of aliphatic hydroxyl groups excluding tert-OH is 1. The van der Waals surface area contributed by atoms with Crippen molar-refractivity contribution in [2.75, 3.05) is 11.9 Å². The standard InChI is InChI=1S/C18H21NO2S/c1-14(18(21)19(2)17-6-4-3-5-7-17)22-13-16-10-8-15(12-20)9-11-16/h3-11,14,20H,12-13H2,1-2H3. The van der Waals surface area contributed by atoms with Gasteiger partial charge in [-0.3, -0.25) is 4.79 Å². The molecule has 0 spiro atoms. The van der Waals surface area contributed by atoms with E-state index in [0.29, 0.717) is 0 Å². The first-order chi connectivity index (χ1) is 10.6. The fourth-order valence-corrected chi connectivity index (χ4v) is 3.02. The van der Waals surface area contributed by atoms with Crippen LogP contribution in [0, 0.1) is 0 Å². The Kier molecular flexibility index (Phi) is 6.04. The molecule has 0 aromatic heterocycles. The van der Waals surface area contributed by atoms with Crippen molar-refractivity contribution in [3.63, 3.8) is 0 Å². The highest BCUT2D eigenvalue weighted by Crippen LogP contribution is 2.22. The van der Waals surface area contributed by atoms with Crippen LogP contribution < -0.4 is 4.90 Å². The number of aliphatic hydroxyl groups is 1. The molecule has 2 aromatic rings. The molecule has 0 radical (unpaired) electrons. The summed E-state index contributed by atoms with van der Waals surface area (Å²) in [5, 5.41) is 8.92. The topological polar surface area (TPSA) is 40.5 Å². The highest BCUT2D eigenvalue weighted by molar-refractivity contribution is 7.99. The fraction of sp³-hybridized carbons (Fsp3) is 0.278. The third-order valence-electron chi connectivity index (χ3n) is 3.53. The highest BCUT2D eigenvalue weighted by atomic mass is 32.2. The summed E-state index contributed by atoms with van der Waals surface area (Å²) >= 11 is 1.62. The van der Waals surface area contributed by atoms with E-state index in [2.05, 4.69) is 0 Å². The first-order valence-electron chi connectivity index (χ1n) is 7.24. The Morgan fingerprint density at radius 1 is 1.09 bits per heavy atom. The molecule has 1 atom stereocenters. The van der Waals surface area contributed by atoms with Gasteiger partial charge in [-0.05, 0) is 30.2 Å². The first-order valence-corrected chi connectivity index (χ1v) is 8.29. The summed E-state index contributed by atoms with van der Waals surface area (Å²) < 4.78 is 0. The van der Waals surface area contributed by atoms with Gasteiger partial charge in [-0.2, -0.15) is 0 Å². The number of hydrogen-bond acceptors (Lipinski definition) is 3. The molecule has 2 aromatic carbocycles. The summed E-state index contributed by atoms with van der Waals surface area (Å²) in [7, 11) is 1.81. The number of carbonyl (C=O) groups excluding carboxylic acids is 1. The Morgan fingerprint density at radius 3 is 2.27 bits per heavy atom. The van der Waals surface area contributed by atoms with E-state index in [-0.39, 0.29) is 17.8 Å². The molecule has 0 aliphatic heterocycles. The molecule has 1 unspecified atom stereocenters. The van der Waals surface area contributed by atoms with E-state index in [9.17, 15) is 4.79 Å². The average molecular weight is 315 g/mol. The number of hydrogen-bond donors (Lipinski definition) is 1. The number of para-hydroxylation sites is 1. The lowest BCUT2D eigenvalue weighted by molar-refractivity contribution is -0.117. The van der Waals surface area contributed by atoms with Crippen molar-refractivity contribution in [3.8, 4) is 0 Å². The van der Waals surface area contributed by atoms with Crippen molar-refractivity contribution in [1.82, 2.24) is 0 Å². The lowest BCUT2D eigenvalue weighted by Crippen LogP contribution is -2.33. The molecule has 0 aliphatic carbocycles. The van der Waals surface area contributed by atoms with Crippen molar-refractivity contribution in [3.05, 3.63) is 65.7 Å². The second kappa shape index (κ2) is 8.01. The molecular formula is C18H21NO2S. The summed E-state index contributed by atoms with van der Waals surface area (Å²) in [4.78, 5) is 14.1. The maximum absolute atomic E-state index is 12.4. The minimum absolute atomic E-state index is 0.0597. The lowest BCUT2D eigenvalue weighted by atomic mass is 10.2. The zero-order valence-corrected chi connectivity index (χ0v) is 13.7. The number of rotatable bonds is 6. The Hall–Kier alpha value is -1.78. The average Bonchev–Trinajstić information content (AvgIpc) is 2.59. The number of nitrogens with zero attached hydrogens (tertiary/aromatic N) is 1. The number of amides is 1. The summed E-state index contributed by atoms with van der Waals surface area (Å²) in [6.07, 6.45) is 0. The number of benzene rings is 2. The van der Waals surface area contributed by atoms with Gasteiger partial charge in [-0.25, -0.2) is 0 Å². The minimum Gasteiger partial charge on any atom is -0.392 e. The van der Waals surface area contributed by atoms with Gasteiger partial charge >= 0.3 is 0 Å². The van der Waals surface area contributed by atoms with Crippen LogP contribution in [0.1, 0.15) is 18.1 Å². The normalized spacial score (nSPS) is 12.0. The van der Waals surface area contributed by atoms with Gasteiger partial charge in [0.25, 0.3) is 0 Å². The SMILES string of the molecule is CC(SCc1ccc(CO)cc1)C(=O)N(C)c1ccccc1. The fourth-order valence-electron chi connectivity index (χ4n) is 2.08. The molecule has 116 valence electrons. The molecule has 22 heavy (non-hydrogen) atoms. The van der Waals surface area contributed by atoms with E-state index < -0.39 is 0 Å². The molecular weight excluding hydrogens is 294 g/mol. The number of carbonyl (C=O) groups is 1. The zero-order valence-electron chi connectivity index (χ0n) is 12.9. The van der Waals surface area contributed by atoms with Crippen LogP contribution in [0.4, 0.5) is 5.69 Å². The van der Waals surface area contributed by atoms with Gasteiger partial charge in [-0.1, -0.05) is 42.5 Å². The van der Waals surface area contributed by atoms with Gasteiger partial charge < -0.3 is 10.0 Å². The van der Waals surface area contributed by atoms with Crippen molar-refractivity contribution in [2.45, 2.75) is 24.5 Å². The molecule has 0 heterocycles. The molecule has 1 amide bonds. The van der Waals surface area contributed by atoms with Crippen LogP contribution in [0.2, 0.25) is 0 Å². The molecule has 1 N–H and O–H groups in total. The van der Waals surface area contributed by atoms with Gasteiger partial charge in [0, 0.05) is 18.5 Å².